The molecule has 0 aliphatic rings. The summed E-state index contributed by atoms with van der Waals surface area (Å²) in [5.74, 6) is -0.139. The first kappa shape index (κ1) is 27.2. The zero-order chi connectivity index (χ0) is 25.7. The van der Waals surface area contributed by atoms with Crippen molar-refractivity contribution in [2.45, 2.75) is 52.7 Å². The number of anilines is 1. The molecule has 0 saturated heterocycles. The van der Waals surface area contributed by atoms with Gasteiger partial charge in [-0.25, -0.2) is 8.42 Å². The highest BCUT2D eigenvalue weighted by molar-refractivity contribution is 7.92. The molecule has 0 aliphatic heterocycles. The SMILES string of the molecule is COc1ccc(CN(C(=O)CN(c2ccccc2C)S(C)(=O)=O)[C@@H](C)C(=O)NC(C)(C)C)cc1. The zero-order valence-electron chi connectivity index (χ0n) is 21.0. The first-order chi connectivity index (χ1) is 15.7. The summed E-state index contributed by atoms with van der Waals surface area (Å²) in [4.78, 5) is 27.9. The lowest BCUT2D eigenvalue weighted by molar-refractivity contribution is -0.140. The van der Waals surface area contributed by atoms with Gasteiger partial charge in [0.2, 0.25) is 21.8 Å². The number of benzene rings is 2. The third-order valence-electron chi connectivity index (χ3n) is 5.24. The summed E-state index contributed by atoms with van der Waals surface area (Å²) in [5.41, 5.74) is 1.45. The molecule has 186 valence electrons. The van der Waals surface area contributed by atoms with Crippen molar-refractivity contribution in [2.24, 2.45) is 0 Å². The minimum atomic E-state index is -3.76. The molecular formula is C25H35N3O5S. The van der Waals surface area contributed by atoms with E-state index in [2.05, 4.69) is 5.32 Å². The van der Waals surface area contributed by atoms with Crippen molar-refractivity contribution in [2.75, 3.05) is 24.2 Å². The molecule has 0 heterocycles. The van der Waals surface area contributed by atoms with Crippen molar-refractivity contribution in [3.8, 4) is 5.75 Å². The minimum absolute atomic E-state index is 0.132. The van der Waals surface area contributed by atoms with E-state index >= 15 is 0 Å². The summed E-state index contributed by atoms with van der Waals surface area (Å²) in [6.07, 6.45) is 1.07. The molecule has 9 heteroatoms. The predicted molar refractivity (Wildman–Crippen MR) is 134 cm³/mol. The van der Waals surface area contributed by atoms with Crippen LogP contribution in [0.4, 0.5) is 5.69 Å². The second-order valence-electron chi connectivity index (χ2n) is 9.34. The van der Waals surface area contributed by atoms with E-state index < -0.39 is 34.1 Å². The molecule has 34 heavy (non-hydrogen) atoms. The summed E-state index contributed by atoms with van der Waals surface area (Å²) >= 11 is 0. The summed E-state index contributed by atoms with van der Waals surface area (Å²) in [7, 11) is -2.19. The number of rotatable bonds is 9. The molecule has 1 N–H and O–H groups in total. The fourth-order valence-corrected chi connectivity index (χ4v) is 4.33. The molecule has 0 bridgehead atoms. The normalized spacial score (nSPS) is 12.6. The molecule has 0 fully saturated rings. The smallest absolute Gasteiger partial charge is 0.244 e. The molecule has 0 unspecified atom stereocenters. The molecule has 2 aromatic carbocycles. The first-order valence-electron chi connectivity index (χ1n) is 11.0. The molecule has 0 aliphatic carbocycles. The number of ether oxygens (including phenoxy) is 1. The summed E-state index contributed by atoms with van der Waals surface area (Å²) < 4.78 is 31.5. The van der Waals surface area contributed by atoms with Crippen LogP contribution in [-0.2, 0) is 26.2 Å². The number of aryl methyl sites for hydroxylation is 1. The predicted octanol–water partition coefficient (Wildman–Crippen LogP) is 3.10. The van der Waals surface area contributed by atoms with E-state index in [9.17, 15) is 18.0 Å². The van der Waals surface area contributed by atoms with Crippen molar-refractivity contribution in [3.05, 3.63) is 59.7 Å². The number of sulfonamides is 1. The topological polar surface area (TPSA) is 96.0 Å². The molecular weight excluding hydrogens is 454 g/mol. The van der Waals surface area contributed by atoms with Crippen molar-refractivity contribution < 1.29 is 22.7 Å². The second kappa shape index (κ2) is 10.9. The van der Waals surface area contributed by atoms with Gasteiger partial charge in [-0.1, -0.05) is 30.3 Å². The van der Waals surface area contributed by atoms with E-state index in [4.69, 9.17) is 4.74 Å². The van der Waals surface area contributed by atoms with Gasteiger partial charge in [-0.15, -0.1) is 0 Å². The van der Waals surface area contributed by atoms with Gasteiger partial charge in [-0.2, -0.15) is 0 Å². The first-order valence-corrected chi connectivity index (χ1v) is 12.9. The van der Waals surface area contributed by atoms with Crippen LogP contribution in [0.5, 0.6) is 5.75 Å². The highest BCUT2D eigenvalue weighted by Crippen LogP contribution is 2.23. The lowest BCUT2D eigenvalue weighted by Gasteiger charge is -2.33. The number of para-hydroxylation sites is 1. The maximum absolute atomic E-state index is 13.5. The van der Waals surface area contributed by atoms with Gasteiger partial charge in [0, 0.05) is 12.1 Å². The Balaban J connectivity index is 2.41. The van der Waals surface area contributed by atoms with Crippen LogP contribution in [0.3, 0.4) is 0 Å². The maximum atomic E-state index is 13.5. The second-order valence-corrected chi connectivity index (χ2v) is 11.2. The Morgan fingerprint density at radius 1 is 1.06 bits per heavy atom. The number of carbonyl (C=O) groups is 2. The van der Waals surface area contributed by atoms with Crippen LogP contribution in [0.25, 0.3) is 0 Å². The van der Waals surface area contributed by atoms with Crippen molar-refractivity contribution >= 4 is 27.5 Å². The lowest BCUT2D eigenvalue weighted by Crippen LogP contribution is -2.54. The molecule has 0 aromatic heterocycles. The Morgan fingerprint density at radius 3 is 2.15 bits per heavy atom. The zero-order valence-corrected chi connectivity index (χ0v) is 21.8. The van der Waals surface area contributed by atoms with Gasteiger partial charge in [0.05, 0.1) is 19.1 Å². The van der Waals surface area contributed by atoms with Gasteiger partial charge >= 0.3 is 0 Å². The monoisotopic (exact) mass is 489 g/mol. The summed E-state index contributed by atoms with van der Waals surface area (Å²) in [5, 5.41) is 2.90. The molecule has 2 amide bonds. The highest BCUT2D eigenvalue weighted by atomic mass is 32.2. The number of methoxy groups -OCH3 is 1. The van der Waals surface area contributed by atoms with Crippen LogP contribution in [-0.4, -0.2) is 56.6 Å². The fourth-order valence-electron chi connectivity index (χ4n) is 3.42. The molecule has 0 spiro atoms. The van der Waals surface area contributed by atoms with Crippen molar-refractivity contribution in [3.63, 3.8) is 0 Å². The Morgan fingerprint density at radius 2 is 1.65 bits per heavy atom. The molecule has 0 saturated carbocycles. The van der Waals surface area contributed by atoms with Crippen LogP contribution in [0.15, 0.2) is 48.5 Å². The Labute approximate surface area is 202 Å². The van der Waals surface area contributed by atoms with E-state index in [0.717, 1.165) is 21.7 Å². The van der Waals surface area contributed by atoms with Crippen LogP contribution in [0.2, 0.25) is 0 Å². The van der Waals surface area contributed by atoms with E-state index in [1.54, 1.807) is 57.4 Å². The quantitative estimate of drug-likeness (QED) is 0.584. The van der Waals surface area contributed by atoms with Gasteiger partial charge in [-0.3, -0.25) is 13.9 Å². The molecule has 0 radical (unpaired) electrons. The van der Waals surface area contributed by atoms with E-state index in [1.807, 2.05) is 32.9 Å². The number of nitrogens with one attached hydrogen (secondary N) is 1. The molecule has 2 rings (SSSR count). The van der Waals surface area contributed by atoms with Crippen molar-refractivity contribution in [1.29, 1.82) is 0 Å². The number of carbonyl (C=O) groups excluding carboxylic acids is 2. The standard InChI is InChI=1S/C25H35N3O5S/c1-18-10-8-9-11-22(18)28(34(7,31)32)17-23(29)27(19(2)24(30)26-25(3,4)5)16-20-12-14-21(33-6)15-13-20/h8-15,19H,16-17H2,1-7H3,(H,26,30)/t19-/m0/s1. The largest absolute Gasteiger partial charge is 0.497 e. The average Bonchev–Trinajstić information content (AvgIpc) is 2.74. The maximum Gasteiger partial charge on any atom is 0.244 e. The Kier molecular flexibility index (Phi) is 8.72. The van der Waals surface area contributed by atoms with Crippen LogP contribution in [0, 0.1) is 6.92 Å². The summed E-state index contributed by atoms with van der Waals surface area (Å²) in [6, 6.07) is 13.3. The van der Waals surface area contributed by atoms with Crippen LogP contribution >= 0.6 is 0 Å². The van der Waals surface area contributed by atoms with Gasteiger partial charge in [0.25, 0.3) is 0 Å². The summed E-state index contributed by atoms with van der Waals surface area (Å²) in [6.45, 7) is 8.71. The van der Waals surface area contributed by atoms with Crippen molar-refractivity contribution in [1.82, 2.24) is 10.2 Å². The average molecular weight is 490 g/mol. The Hall–Kier alpha value is -3.07. The van der Waals surface area contributed by atoms with E-state index in [1.165, 1.54) is 4.90 Å². The lowest BCUT2D eigenvalue weighted by atomic mass is 10.1. The minimum Gasteiger partial charge on any atom is -0.497 e. The number of hydrogen-bond donors (Lipinski definition) is 1. The third-order valence-corrected chi connectivity index (χ3v) is 6.37. The third kappa shape index (κ3) is 7.48. The van der Waals surface area contributed by atoms with E-state index in [-0.39, 0.29) is 12.5 Å². The number of hydrogen-bond acceptors (Lipinski definition) is 5. The number of nitrogens with zero attached hydrogens (tertiary/aromatic N) is 2. The van der Waals surface area contributed by atoms with E-state index in [0.29, 0.717) is 11.4 Å². The molecule has 1 atom stereocenters. The molecule has 2 aromatic rings. The van der Waals surface area contributed by atoms with Crippen LogP contribution in [0.1, 0.15) is 38.8 Å². The fraction of sp³-hybridized carbons (Fsp3) is 0.440. The number of amides is 2. The van der Waals surface area contributed by atoms with Gasteiger partial charge < -0.3 is 15.0 Å². The Bertz CT molecular complexity index is 1110. The highest BCUT2D eigenvalue weighted by Gasteiger charge is 2.31. The molecule has 8 nitrogen and oxygen atoms in total. The van der Waals surface area contributed by atoms with Gasteiger partial charge in [-0.05, 0) is 63.9 Å². The van der Waals surface area contributed by atoms with Gasteiger partial charge in [0.15, 0.2) is 0 Å². The van der Waals surface area contributed by atoms with Gasteiger partial charge in [0.1, 0.15) is 18.3 Å². The van der Waals surface area contributed by atoms with Crippen LogP contribution < -0.4 is 14.4 Å².